The van der Waals surface area contributed by atoms with Crippen LogP contribution in [0.15, 0.2) is 0 Å². The number of carbonyl (C=O) groups is 1. The van der Waals surface area contributed by atoms with E-state index in [4.69, 9.17) is 5.26 Å². The maximum atomic E-state index is 9.85. The van der Waals surface area contributed by atoms with E-state index in [0.29, 0.717) is 6.41 Å². The van der Waals surface area contributed by atoms with Gasteiger partial charge in [0.15, 0.2) is 0 Å². The Bertz CT molecular complexity index is 150. The van der Waals surface area contributed by atoms with Crippen molar-refractivity contribution in [2.75, 3.05) is 0 Å². The number of amides is 1. The fourth-order valence-corrected chi connectivity index (χ4v) is 0.941. The minimum atomic E-state index is 0.0650. The first kappa shape index (κ1) is 6.09. The highest BCUT2D eigenvalue weighted by atomic mass is 16.1. The third kappa shape index (κ3) is 1.02. The summed E-state index contributed by atoms with van der Waals surface area (Å²) in [5.74, 6) is 0.0650. The molecule has 1 amide bonds. The molecule has 3 nitrogen and oxygen atoms in total. The molecule has 1 fully saturated rings. The van der Waals surface area contributed by atoms with Gasteiger partial charge in [0, 0.05) is 6.04 Å². The largest absolute Gasteiger partial charge is 0.355 e. The molecule has 9 heavy (non-hydrogen) atoms. The van der Waals surface area contributed by atoms with Crippen LogP contribution in [0.1, 0.15) is 12.8 Å². The van der Waals surface area contributed by atoms with E-state index >= 15 is 0 Å². The molecule has 0 heterocycles. The molecule has 0 saturated heterocycles. The van der Waals surface area contributed by atoms with E-state index in [9.17, 15) is 4.79 Å². The number of nitrogens with one attached hydrogen (secondary N) is 1. The van der Waals surface area contributed by atoms with Crippen molar-refractivity contribution in [3.8, 4) is 6.07 Å². The van der Waals surface area contributed by atoms with E-state index in [-0.39, 0.29) is 12.0 Å². The molecule has 1 aliphatic rings. The monoisotopic (exact) mass is 124 g/mol. The van der Waals surface area contributed by atoms with Crippen molar-refractivity contribution < 1.29 is 4.79 Å². The Hall–Kier alpha value is -1.04. The molecule has 0 aromatic carbocycles. The van der Waals surface area contributed by atoms with Crippen LogP contribution < -0.4 is 5.32 Å². The number of hydrogen-bond acceptors (Lipinski definition) is 2. The van der Waals surface area contributed by atoms with Crippen molar-refractivity contribution in [3.05, 3.63) is 0 Å². The lowest BCUT2D eigenvalue weighted by atomic mass is 9.81. The van der Waals surface area contributed by atoms with Crippen molar-refractivity contribution in [1.29, 1.82) is 5.26 Å². The fourth-order valence-electron chi connectivity index (χ4n) is 0.941. The van der Waals surface area contributed by atoms with Gasteiger partial charge in [0.25, 0.3) is 0 Å². The lowest BCUT2D eigenvalue weighted by molar-refractivity contribution is -0.110. The number of nitriles is 1. The predicted octanol–water partition coefficient (Wildman–Crippen LogP) is 0.0346. The highest BCUT2D eigenvalue weighted by Crippen LogP contribution is 2.25. The second-order valence-electron chi connectivity index (χ2n) is 2.20. The molecular weight excluding hydrogens is 116 g/mol. The highest BCUT2D eigenvalue weighted by molar-refractivity contribution is 5.47. The summed E-state index contributed by atoms with van der Waals surface area (Å²) in [4.78, 5) is 9.85. The third-order valence-corrected chi connectivity index (χ3v) is 1.72. The van der Waals surface area contributed by atoms with Crippen LogP contribution in [0.5, 0.6) is 0 Å². The van der Waals surface area contributed by atoms with Gasteiger partial charge in [-0.05, 0) is 12.8 Å². The van der Waals surface area contributed by atoms with Gasteiger partial charge in [0.2, 0.25) is 6.41 Å². The SMILES string of the molecule is N#CC1CCC1NC=O. The summed E-state index contributed by atoms with van der Waals surface area (Å²) >= 11 is 0. The summed E-state index contributed by atoms with van der Waals surface area (Å²) in [5.41, 5.74) is 0. The molecule has 3 heteroatoms. The molecule has 0 bridgehead atoms. The van der Waals surface area contributed by atoms with E-state index in [2.05, 4.69) is 11.4 Å². The number of carbonyl (C=O) groups excluding carboxylic acids is 1. The molecular formula is C6H8N2O. The molecule has 1 aliphatic carbocycles. The molecule has 48 valence electrons. The van der Waals surface area contributed by atoms with Gasteiger partial charge in [-0.2, -0.15) is 5.26 Å². The molecule has 0 aromatic heterocycles. The highest BCUT2D eigenvalue weighted by Gasteiger charge is 2.29. The fraction of sp³-hybridized carbons (Fsp3) is 0.667. The molecule has 0 aliphatic heterocycles. The van der Waals surface area contributed by atoms with Gasteiger partial charge in [-0.3, -0.25) is 4.79 Å². The van der Waals surface area contributed by atoms with Gasteiger partial charge in [-0.1, -0.05) is 0 Å². The lowest BCUT2D eigenvalue weighted by Gasteiger charge is -2.30. The van der Waals surface area contributed by atoms with Crippen molar-refractivity contribution in [3.63, 3.8) is 0 Å². The first-order valence-electron chi connectivity index (χ1n) is 2.98. The summed E-state index contributed by atoms with van der Waals surface area (Å²) in [6, 6.07) is 2.25. The Morgan fingerprint density at radius 2 is 2.44 bits per heavy atom. The van der Waals surface area contributed by atoms with Crippen LogP contribution in [0.4, 0.5) is 0 Å². The third-order valence-electron chi connectivity index (χ3n) is 1.72. The molecule has 0 radical (unpaired) electrons. The van der Waals surface area contributed by atoms with Gasteiger partial charge in [0.1, 0.15) is 0 Å². The standard InChI is InChI=1S/C6H8N2O/c7-3-5-1-2-6(5)8-4-9/h4-6H,1-2H2,(H,8,9). The van der Waals surface area contributed by atoms with Crippen LogP contribution in [0, 0.1) is 17.2 Å². The number of hydrogen-bond donors (Lipinski definition) is 1. The van der Waals surface area contributed by atoms with E-state index in [0.717, 1.165) is 12.8 Å². The van der Waals surface area contributed by atoms with Gasteiger partial charge >= 0.3 is 0 Å². The predicted molar refractivity (Wildman–Crippen MR) is 31.3 cm³/mol. The van der Waals surface area contributed by atoms with Gasteiger partial charge in [0.05, 0.1) is 12.0 Å². The van der Waals surface area contributed by atoms with E-state index < -0.39 is 0 Å². The van der Waals surface area contributed by atoms with E-state index in [1.165, 1.54) is 0 Å². The Balaban J connectivity index is 2.29. The van der Waals surface area contributed by atoms with Crippen LogP contribution in [0.25, 0.3) is 0 Å². The first-order chi connectivity index (χ1) is 4.38. The second kappa shape index (κ2) is 2.49. The molecule has 1 rings (SSSR count). The first-order valence-corrected chi connectivity index (χ1v) is 2.98. The Morgan fingerprint density at radius 1 is 1.67 bits per heavy atom. The van der Waals surface area contributed by atoms with Crippen LogP contribution in [0.3, 0.4) is 0 Å². The smallest absolute Gasteiger partial charge is 0.207 e. The summed E-state index contributed by atoms with van der Waals surface area (Å²) in [7, 11) is 0. The Labute approximate surface area is 53.7 Å². The molecule has 2 unspecified atom stereocenters. The van der Waals surface area contributed by atoms with Crippen LogP contribution in [0.2, 0.25) is 0 Å². The molecule has 2 atom stereocenters. The zero-order valence-electron chi connectivity index (χ0n) is 5.00. The summed E-state index contributed by atoms with van der Waals surface area (Å²) in [6.07, 6.45) is 2.55. The Morgan fingerprint density at radius 3 is 2.78 bits per heavy atom. The maximum absolute atomic E-state index is 9.85. The van der Waals surface area contributed by atoms with Crippen LogP contribution in [-0.2, 0) is 4.79 Å². The quantitative estimate of drug-likeness (QED) is 0.528. The normalized spacial score (nSPS) is 31.9. The lowest BCUT2D eigenvalue weighted by Crippen LogP contribution is -2.42. The van der Waals surface area contributed by atoms with Crippen LogP contribution >= 0.6 is 0 Å². The molecule has 1 N–H and O–H groups in total. The zero-order chi connectivity index (χ0) is 6.69. The minimum Gasteiger partial charge on any atom is -0.355 e. The van der Waals surface area contributed by atoms with Crippen LogP contribution in [-0.4, -0.2) is 12.5 Å². The van der Waals surface area contributed by atoms with E-state index in [1.54, 1.807) is 0 Å². The van der Waals surface area contributed by atoms with Crippen molar-refractivity contribution in [2.45, 2.75) is 18.9 Å². The number of nitrogens with zero attached hydrogens (tertiary/aromatic N) is 1. The molecule has 0 spiro atoms. The minimum absolute atomic E-state index is 0.0650. The van der Waals surface area contributed by atoms with Crippen molar-refractivity contribution >= 4 is 6.41 Å². The van der Waals surface area contributed by atoms with Crippen molar-refractivity contribution in [1.82, 2.24) is 5.32 Å². The van der Waals surface area contributed by atoms with Gasteiger partial charge in [-0.15, -0.1) is 0 Å². The summed E-state index contributed by atoms with van der Waals surface area (Å²) < 4.78 is 0. The maximum Gasteiger partial charge on any atom is 0.207 e. The second-order valence-corrected chi connectivity index (χ2v) is 2.20. The zero-order valence-corrected chi connectivity index (χ0v) is 5.00. The topological polar surface area (TPSA) is 52.9 Å². The van der Waals surface area contributed by atoms with Crippen molar-refractivity contribution in [2.24, 2.45) is 5.92 Å². The molecule has 0 aromatic rings. The summed E-state index contributed by atoms with van der Waals surface area (Å²) in [6.45, 7) is 0. The Kier molecular flexibility index (Phi) is 1.69. The van der Waals surface area contributed by atoms with Gasteiger partial charge in [-0.25, -0.2) is 0 Å². The average molecular weight is 124 g/mol. The average Bonchev–Trinajstić information content (AvgIpc) is 1.82. The molecule has 1 saturated carbocycles. The summed E-state index contributed by atoms with van der Waals surface area (Å²) in [5, 5.41) is 11.0. The van der Waals surface area contributed by atoms with Gasteiger partial charge < -0.3 is 5.32 Å². The van der Waals surface area contributed by atoms with E-state index in [1.807, 2.05) is 0 Å². The number of rotatable bonds is 2.